The van der Waals surface area contributed by atoms with Gasteiger partial charge in [0.05, 0.1) is 10.5 Å². The highest BCUT2D eigenvalue weighted by atomic mass is 35.5. The van der Waals surface area contributed by atoms with E-state index in [1.807, 2.05) is 0 Å². The molecule has 2 aromatic carbocycles. The Balaban J connectivity index is 2.03. The van der Waals surface area contributed by atoms with Crippen molar-refractivity contribution in [3.63, 3.8) is 0 Å². The Morgan fingerprint density at radius 1 is 1.12 bits per heavy atom. The first-order valence-electron chi connectivity index (χ1n) is 7.71. The zero-order chi connectivity index (χ0) is 19.3. The van der Waals surface area contributed by atoms with Crippen molar-refractivity contribution >= 4 is 33.3 Å². The Bertz CT molecular complexity index is 927. The van der Waals surface area contributed by atoms with E-state index in [0.29, 0.717) is 5.02 Å². The molecule has 0 bridgehead atoms. The van der Waals surface area contributed by atoms with Gasteiger partial charge in [0, 0.05) is 17.8 Å². The van der Waals surface area contributed by atoms with Gasteiger partial charge >= 0.3 is 5.97 Å². The molecule has 1 unspecified atom stereocenters. The lowest BCUT2D eigenvalue weighted by Gasteiger charge is -2.15. The highest BCUT2D eigenvalue weighted by molar-refractivity contribution is 7.90. The minimum absolute atomic E-state index is 0.110. The Kier molecular flexibility index (Phi) is 6.39. The second-order valence-electron chi connectivity index (χ2n) is 5.63. The minimum Gasteiger partial charge on any atom is -0.449 e. The van der Waals surface area contributed by atoms with Crippen molar-refractivity contribution in [1.29, 1.82) is 0 Å². The number of halogens is 1. The van der Waals surface area contributed by atoms with Crippen molar-refractivity contribution in [2.75, 3.05) is 6.26 Å². The van der Waals surface area contributed by atoms with Gasteiger partial charge in [-0.15, -0.1) is 0 Å². The van der Waals surface area contributed by atoms with Gasteiger partial charge in [-0.25, -0.2) is 13.2 Å². The molecule has 0 saturated heterocycles. The summed E-state index contributed by atoms with van der Waals surface area (Å²) in [6.07, 6.45) is -0.101. The Hall–Kier alpha value is -2.38. The van der Waals surface area contributed by atoms with Crippen LogP contribution in [0.4, 0.5) is 0 Å². The fourth-order valence-electron chi connectivity index (χ4n) is 2.20. The average Bonchev–Trinajstić information content (AvgIpc) is 2.60. The monoisotopic (exact) mass is 395 g/mol. The van der Waals surface area contributed by atoms with Crippen molar-refractivity contribution < 1.29 is 22.7 Å². The number of ether oxygens (including phenoxy) is 1. The summed E-state index contributed by atoms with van der Waals surface area (Å²) in [4.78, 5) is 24.2. The summed E-state index contributed by atoms with van der Waals surface area (Å²) >= 11 is 6.02. The lowest BCUT2D eigenvalue weighted by Crippen LogP contribution is -2.35. The molecule has 8 heteroatoms. The number of hydrogen-bond donors (Lipinski definition) is 1. The van der Waals surface area contributed by atoms with Crippen molar-refractivity contribution in [3.8, 4) is 0 Å². The molecule has 0 fully saturated rings. The van der Waals surface area contributed by atoms with Crippen LogP contribution in [0, 0.1) is 0 Å². The molecule has 0 radical (unpaired) electrons. The number of nitrogens with one attached hydrogen (secondary N) is 1. The molecule has 1 amide bonds. The van der Waals surface area contributed by atoms with Crippen LogP contribution in [0.2, 0.25) is 5.02 Å². The van der Waals surface area contributed by atoms with Crippen LogP contribution in [0.25, 0.3) is 0 Å². The van der Waals surface area contributed by atoms with E-state index in [0.717, 1.165) is 11.8 Å². The summed E-state index contributed by atoms with van der Waals surface area (Å²) in [5.74, 6) is -1.40. The first-order chi connectivity index (χ1) is 12.2. The maximum absolute atomic E-state index is 12.3. The van der Waals surface area contributed by atoms with E-state index in [9.17, 15) is 18.0 Å². The van der Waals surface area contributed by atoms with Crippen LogP contribution in [0.3, 0.4) is 0 Å². The molecule has 138 valence electrons. The van der Waals surface area contributed by atoms with Crippen LogP contribution in [0.5, 0.6) is 0 Å². The number of amides is 1. The Labute approximate surface area is 157 Å². The number of carbonyl (C=O) groups excluding carboxylic acids is 2. The lowest BCUT2D eigenvalue weighted by molar-refractivity contribution is -0.129. The zero-order valence-electron chi connectivity index (χ0n) is 14.2. The predicted molar refractivity (Wildman–Crippen MR) is 97.7 cm³/mol. The first-order valence-corrected chi connectivity index (χ1v) is 9.98. The summed E-state index contributed by atoms with van der Waals surface area (Å²) < 4.78 is 28.6. The number of rotatable bonds is 6. The van der Waals surface area contributed by atoms with Crippen LogP contribution in [-0.2, 0) is 25.9 Å². The minimum atomic E-state index is -3.60. The summed E-state index contributed by atoms with van der Waals surface area (Å²) in [6.45, 7) is 1.59. The molecule has 0 spiro atoms. The van der Waals surface area contributed by atoms with Crippen LogP contribution in [-0.4, -0.2) is 32.7 Å². The molecular formula is C18H18ClNO5S. The number of sulfone groups is 1. The molecule has 2 aromatic rings. The van der Waals surface area contributed by atoms with E-state index >= 15 is 0 Å². The fraction of sp³-hybridized carbons (Fsp3) is 0.222. The third-order valence-corrected chi connectivity index (χ3v) is 5.09. The number of carbonyl (C=O) groups is 2. The van der Waals surface area contributed by atoms with E-state index in [1.165, 1.54) is 31.2 Å². The SMILES string of the molecule is CC(OC(=O)c1ccccc1S(C)(=O)=O)C(=O)NCc1ccccc1Cl. The number of benzene rings is 2. The number of hydrogen-bond acceptors (Lipinski definition) is 5. The molecule has 0 saturated carbocycles. The molecule has 0 aromatic heterocycles. The molecule has 26 heavy (non-hydrogen) atoms. The number of esters is 1. The maximum atomic E-state index is 12.3. The maximum Gasteiger partial charge on any atom is 0.340 e. The molecule has 0 aliphatic carbocycles. The summed E-state index contributed by atoms with van der Waals surface area (Å²) in [5.41, 5.74) is 0.615. The predicted octanol–water partition coefficient (Wildman–Crippen LogP) is 2.61. The molecule has 1 N–H and O–H groups in total. The molecule has 0 aliphatic rings. The van der Waals surface area contributed by atoms with E-state index in [-0.39, 0.29) is 17.0 Å². The molecule has 6 nitrogen and oxygen atoms in total. The second-order valence-corrected chi connectivity index (χ2v) is 8.02. The van der Waals surface area contributed by atoms with Crippen LogP contribution >= 0.6 is 11.6 Å². The zero-order valence-corrected chi connectivity index (χ0v) is 15.8. The largest absolute Gasteiger partial charge is 0.449 e. The van der Waals surface area contributed by atoms with Crippen LogP contribution in [0.1, 0.15) is 22.8 Å². The van der Waals surface area contributed by atoms with Crippen molar-refractivity contribution in [1.82, 2.24) is 5.32 Å². The smallest absolute Gasteiger partial charge is 0.340 e. The van der Waals surface area contributed by atoms with Crippen molar-refractivity contribution in [2.45, 2.75) is 24.5 Å². The van der Waals surface area contributed by atoms with Gasteiger partial charge < -0.3 is 10.1 Å². The standard InChI is InChI=1S/C18H18ClNO5S/c1-12(17(21)20-11-13-7-3-5-9-15(13)19)25-18(22)14-8-4-6-10-16(14)26(2,23)24/h3-10,12H,11H2,1-2H3,(H,20,21). The summed E-state index contributed by atoms with van der Waals surface area (Å²) in [5, 5.41) is 3.14. The van der Waals surface area contributed by atoms with E-state index in [2.05, 4.69) is 5.32 Å². The van der Waals surface area contributed by atoms with Crippen LogP contribution < -0.4 is 5.32 Å². The average molecular weight is 396 g/mol. The van der Waals surface area contributed by atoms with E-state index in [4.69, 9.17) is 16.3 Å². The molecular weight excluding hydrogens is 378 g/mol. The molecule has 0 heterocycles. The molecule has 0 aliphatic heterocycles. The van der Waals surface area contributed by atoms with Gasteiger partial charge in [0.1, 0.15) is 0 Å². The van der Waals surface area contributed by atoms with Gasteiger partial charge in [-0.1, -0.05) is 41.9 Å². The highest BCUT2D eigenvalue weighted by Crippen LogP contribution is 2.17. The first kappa shape index (κ1) is 19.9. The van der Waals surface area contributed by atoms with Gasteiger partial charge in [-0.2, -0.15) is 0 Å². The third-order valence-electron chi connectivity index (χ3n) is 3.57. The quantitative estimate of drug-likeness (QED) is 0.759. The van der Waals surface area contributed by atoms with E-state index in [1.54, 1.807) is 24.3 Å². The fourth-order valence-corrected chi connectivity index (χ4v) is 3.28. The van der Waals surface area contributed by atoms with Gasteiger partial charge in [0.15, 0.2) is 15.9 Å². The highest BCUT2D eigenvalue weighted by Gasteiger charge is 2.23. The Morgan fingerprint density at radius 3 is 2.38 bits per heavy atom. The van der Waals surface area contributed by atoms with Gasteiger partial charge in [-0.3, -0.25) is 4.79 Å². The lowest BCUT2D eigenvalue weighted by atomic mass is 10.2. The third kappa shape index (κ3) is 5.06. The van der Waals surface area contributed by atoms with E-state index < -0.39 is 27.8 Å². The molecule has 2 rings (SSSR count). The molecule has 1 atom stereocenters. The normalized spacial score (nSPS) is 12.3. The van der Waals surface area contributed by atoms with Crippen molar-refractivity contribution in [3.05, 3.63) is 64.7 Å². The van der Waals surface area contributed by atoms with Gasteiger partial charge in [-0.05, 0) is 30.7 Å². The van der Waals surface area contributed by atoms with Crippen molar-refractivity contribution in [2.24, 2.45) is 0 Å². The Morgan fingerprint density at radius 2 is 1.73 bits per heavy atom. The van der Waals surface area contributed by atoms with Crippen LogP contribution in [0.15, 0.2) is 53.4 Å². The topological polar surface area (TPSA) is 89.5 Å². The summed E-state index contributed by atoms with van der Waals surface area (Å²) in [6, 6.07) is 12.7. The van der Waals surface area contributed by atoms with Gasteiger partial charge in [0.2, 0.25) is 0 Å². The second kappa shape index (κ2) is 8.33. The summed E-state index contributed by atoms with van der Waals surface area (Å²) in [7, 11) is -3.60. The van der Waals surface area contributed by atoms with Gasteiger partial charge in [0.25, 0.3) is 5.91 Å².